The molecule has 1 aliphatic heterocycles. The summed E-state index contributed by atoms with van der Waals surface area (Å²) in [6.45, 7) is 1.71. The highest BCUT2D eigenvalue weighted by atomic mass is 35.5. The number of nitrogens with one attached hydrogen (secondary N) is 1. The van der Waals surface area contributed by atoms with E-state index < -0.39 is 5.82 Å². The fourth-order valence-electron chi connectivity index (χ4n) is 2.62. The van der Waals surface area contributed by atoms with E-state index in [9.17, 15) is 9.18 Å². The van der Waals surface area contributed by atoms with Crippen LogP contribution in [0.4, 0.5) is 4.39 Å². The maximum absolute atomic E-state index is 13.0. The van der Waals surface area contributed by atoms with Crippen LogP contribution >= 0.6 is 11.6 Å². The summed E-state index contributed by atoms with van der Waals surface area (Å²) in [7, 11) is 0. The van der Waals surface area contributed by atoms with Gasteiger partial charge in [-0.2, -0.15) is 0 Å². The Hall–Kier alpha value is -2.11. The predicted octanol–water partition coefficient (Wildman–Crippen LogP) is 3.97. The van der Waals surface area contributed by atoms with Gasteiger partial charge >= 0.3 is 0 Å². The summed E-state index contributed by atoms with van der Waals surface area (Å²) in [6, 6.07) is 11.2. The van der Waals surface area contributed by atoms with E-state index in [1.165, 1.54) is 12.1 Å². The Morgan fingerprint density at radius 1 is 1.28 bits per heavy atom. The monoisotopic (exact) mass is 363 g/mol. The second-order valence-electron chi connectivity index (χ2n) is 5.90. The molecule has 132 valence electrons. The van der Waals surface area contributed by atoms with Crippen LogP contribution in [-0.4, -0.2) is 25.2 Å². The molecule has 0 bridgehead atoms. The van der Waals surface area contributed by atoms with Crippen molar-refractivity contribution in [2.75, 3.05) is 13.2 Å². The first kappa shape index (κ1) is 17.7. The van der Waals surface area contributed by atoms with E-state index in [0.29, 0.717) is 13.2 Å². The minimum Gasteiger partial charge on any atom is -0.491 e. The molecule has 1 aliphatic rings. The fraction of sp³-hybridized carbons (Fsp3) is 0.316. The first-order chi connectivity index (χ1) is 12.1. The standard InChI is InChI=1S/C19H19ClFNO3/c20-18-10-14(21)5-8-17(18)19(23)22-11-13-3-6-15(7-4-13)25-12-16-2-1-9-24-16/h3-8,10,16H,1-2,9,11-12H2,(H,22,23). The zero-order valence-electron chi connectivity index (χ0n) is 13.6. The lowest BCUT2D eigenvalue weighted by atomic mass is 10.2. The average Bonchev–Trinajstić information content (AvgIpc) is 3.12. The topological polar surface area (TPSA) is 47.6 Å². The SMILES string of the molecule is O=C(NCc1ccc(OCC2CCCO2)cc1)c1ccc(F)cc1Cl. The molecule has 1 heterocycles. The molecule has 6 heteroatoms. The number of benzene rings is 2. The van der Waals surface area contributed by atoms with E-state index >= 15 is 0 Å². The number of amides is 1. The molecule has 1 fully saturated rings. The minimum absolute atomic E-state index is 0.0929. The van der Waals surface area contributed by atoms with Crippen LogP contribution in [0.1, 0.15) is 28.8 Å². The van der Waals surface area contributed by atoms with Crippen molar-refractivity contribution in [3.63, 3.8) is 0 Å². The van der Waals surface area contributed by atoms with Crippen LogP contribution in [0.2, 0.25) is 5.02 Å². The van der Waals surface area contributed by atoms with E-state index in [2.05, 4.69) is 5.32 Å². The summed E-state index contributed by atoms with van der Waals surface area (Å²) in [5.41, 5.74) is 1.18. The van der Waals surface area contributed by atoms with Crippen molar-refractivity contribution in [1.82, 2.24) is 5.32 Å². The van der Waals surface area contributed by atoms with Gasteiger partial charge in [0.05, 0.1) is 16.7 Å². The van der Waals surface area contributed by atoms with Crippen LogP contribution in [0.3, 0.4) is 0 Å². The number of rotatable bonds is 6. The molecule has 1 amide bonds. The van der Waals surface area contributed by atoms with Crippen molar-refractivity contribution in [1.29, 1.82) is 0 Å². The van der Waals surface area contributed by atoms with Crippen LogP contribution in [-0.2, 0) is 11.3 Å². The van der Waals surface area contributed by atoms with Gasteiger partial charge < -0.3 is 14.8 Å². The molecule has 2 aromatic carbocycles. The van der Waals surface area contributed by atoms with E-state index in [0.717, 1.165) is 36.8 Å². The Kier molecular flexibility index (Phi) is 5.89. The Bertz CT molecular complexity index is 730. The van der Waals surface area contributed by atoms with E-state index in [1.54, 1.807) is 0 Å². The van der Waals surface area contributed by atoms with Gasteiger partial charge in [-0.15, -0.1) is 0 Å². The molecule has 1 unspecified atom stereocenters. The number of ether oxygens (including phenoxy) is 2. The molecule has 0 aromatic heterocycles. The Balaban J connectivity index is 1.50. The maximum Gasteiger partial charge on any atom is 0.253 e. The Labute approximate surface area is 150 Å². The van der Waals surface area contributed by atoms with Gasteiger partial charge in [-0.25, -0.2) is 4.39 Å². The van der Waals surface area contributed by atoms with Crippen LogP contribution in [0.15, 0.2) is 42.5 Å². The lowest BCUT2D eigenvalue weighted by molar-refractivity contribution is 0.0679. The fourth-order valence-corrected chi connectivity index (χ4v) is 2.87. The van der Waals surface area contributed by atoms with Gasteiger partial charge in [0.1, 0.15) is 18.2 Å². The summed E-state index contributed by atoms with van der Waals surface area (Å²) in [6.07, 6.45) is 2.31. The molecule has 25 heavy (non-hydrogen) atoms. The molecule has 1 saturated heterocycles. The van der Waals surface area contributed by atoms with E-state index in [1.807, 2.05) is 24.3 Å². The Morgan fingerprint density at radius 2 is 2.08 bits per heavy atom. The molecule has 1 N–H and O–H groups in total. The number of hydrogen-bond acceptors (Lipinski definition) is 3. The van der Waals surface area contributed by atoms with E-state index in [4.69, 9.17) is 21.1 Å². The summed E-state index contributed by atoms with van der Waals surface area (Å²) in [4.78, 5) is 12.1. The zero-order chi connectivity index (χ0) is 17.6. The number of carbonyl (C=O) groups is 1. The largest absolute Gasteiger partial charge is 0.491 e. The average molecular weight is 364 g/mol. The third kappa shape index (κ3) is 4.94. The first-order valence-electron chi connectivity index (χ1n) is 8.18. The van der Waals surface area contributed by atoms with Crippen LogP contribution in [0.5, 0.6) is 5.75 Å². The van der Waals surface area contributed by atoms with Crippen LogP contribution in [0.25, 0.3) is 0 Å². The molecule has 0 spiro atoms. The first-order valence-corrected chi connectivity index (χ1v) is 8.56. The van der Waals surface area contributed by atoms with Crippen LogP contribution < -0.4 is 10.1 Å². The van der Waals surface area contributed by atoms with Crippen molar-refractivity contribution in [3.05, 3.63) is 64.4 Å². The Morgan fingerprint density at radius 3 is 2.76 bits per heavy atom. The van der Waals surface area contributed by atoms with Gasteiger partial charge in [0.25, 0.3) is 5.91 Å². The smallest absolute Gasteiger partial charge is 0.253 e. The van der Waals surface area contributed by atoms with Gasteiger partial charge in [0.2, 0.25) is 0 Å². The minimum atomic E-state index is -0.472. The van der Waals surface area contributed by atoms with Crippen molar-refractivity contribution >= 4 is 17.5 Å². The molecule has 0 saturated carbocycles. The third-order valence-corrected chi connectivity index (χ3v) is 4.32. The van der Waals surface area contributed by atoms with E-state index in [-0.39, 0.29) is 22.6 Å². The molecule has 4 nitrogen and oxygen atoms in total. The lowest BCUT2D eigenvalue weighted by Gasteiger charge is -2.12. The maximum atomic E-state index is 13.0. The quantitative estimate of drug-likeness (QED) is 0.844. The summed E-state index contributed by atoms with van der Waals surface area (Å²) in [5, 5.41) is 2.86. The summed E-state index contributed by atoms with van der Waals surface area (Å²) < 4.78 is 24.2. The molecule has 1 atom stereocenters. The van der Waals surface area contributed by atoms with Crippen LogP contribution in [0, 0.1) is 5.82 Å². The molecule has 3 rings (SSSR count). The van der Waals surface area contributed by atoms with Gasteiger partial charge in [-0.3, -0.25) is 4.79 Å². The van der Waals surface area contributed by atoms with Gasteiger partial charge in [-0.1, -0.05) is 23.7 Å². The molecule has 2 aromatic rings. The molecular weight excluding hydrogens is 345 g/mol. The second-order valence-corrected chi connectivity index (χ2v) is 6.30. The summed E-state index contributed by atoms with van der Waals surface area (Å²) >= 11 is 5.89. The number of carbonyl (C=O) groups excluding carboxylic acids is 1. The number of halogens is 2. The highest BCUT2D eigenvalue weighted by molar-refractivity contribution is 6.33. The van der Waals surface area contributed by atoms with Crippen molar-refractivity contribution in [3.8, 4) is 5.75 Å². The summed E-state index contributed by atoms with van der Waals surface area (Å²) in [5.74, 6) is -0.0454. The highest BCUT2D eigenvalue weighted by Crippen LogP contribution is 2.18. The molecule has 0 aliphatic carbocycles. The van der Waals surface area contributed by atoms with Crippen molar-refractivity contribution in [2.45, 2.75) is 25.5 Å². The van der Waals surface area contributed by atoms with Gasteiger partial charge in [-0.05, 0) is 48.7 Å². The molecule has 0 radical (unpaired) electrons. The van der Waals surface area contributed by atoms with Crippen molar-refractivity contribution in [2.24, 2.45) is 0 Å². The normalized spacial score (nSPS) is 16.6. The van der Waals surface area contributed by atoms with Gasteiger partial charge in [0, 0.05) is 13.2 Å². The zero-order valence-corrected chi connectivity index (χ0v) is 14.4. The third-order valence-electron chi connectivity index (χ3n) is 4.01. The lowest BCUT2D eigenvalue weighted by Crippen LogP contribution is -2.23. The van der Waals surface area contributed by atoms with Crippen molar-refractivity contribution < 1.29 is 18.7 Å². The predicted molar refractivity (Wildman–Crippen MR) is 93.5 cm³/mol. The second kappa shape index (κ2) is 8.32. The number of hydrogen-bond donors (Lipinski definition) is 1. The highest BCUT2D eigenvalue weighted by Gasteiger charge is 2.16. The molecular formula is C19H19ClFNO3. The van der Waals surface area contributed by atoms with Gasteiger partial charge in [0.15, 0.2) is 0 Å².